The van der Waals surface area contributed by atoms with Gasteiger partial charge in [-0.05, 0) is 32.0 Å². The molecule has 0 bridgehead atoms. The number of anilines is 1. The molecule has 0 unspecified atom stereocenters. The van der Waals surface area contributed by atoms with Crippen molar-refractivity contribution in [3.63, 3.8) is 0 Å². The maximum atomic E-state index is 12.2. The zero-order valence-electron chi connectivity index (χ0n) is 11.7. The molecule has 0 saturated carbocycles. The number of hydrogen-bond donors (Lipinski definition) is 2. The Morgan fingerprint density at radius 2 is 1.90 bits per heavy atom. The van der Waals surface area contributed by atoms with Crippen LogP contribution in [0.1, 0.15) is 22.2 Å². The Hall–Kier alpha value is -1.86. The molecule has 2 rings (SSSR count). The lowest BCUT2D eigenvalue weighted by molar-refractivity contribution is 0.0959. The van der Waals surface area contributed by atoms with Crippen molar-refractivity contribution in [3.8, 4) is 0 Å². The Kier molecular flexibility index (Phi) is 4.64. The van der Waals surface area contributed by atoms with E-state index in [0.717, 1.165) is 16.9 Å². The molecule has 0 spiro atoms. The van der Waals surface area contributed by atoms with E-state index in [2.05, 4.69) is 10.0 Å². The molecule has 112 valence electrons. The number of amides is 1. The Balaban J connectivity index is 2.20. The molecule has 1 aromatic carbocycles. The monoisotopic (exact) mass is 324 g/mol. The van der Waals surface area contributed by atoms with Crippen LogP contribution in [-0.2, 0) is 10.0 Å². The number of rotatable bonds is 5. The van der Waals surface area contributed by atoms with Gasteiger partial charge in [-0.2, -0.15) is 0 Å². The van der Waals surface area contributed by atoms with E-state index in [4.69, 9.17) is 0 Å². The third kappa shape index (κ3) is 3.83. The molecule has 0 aliphatic heterocycles. The van der Waals surface area contributed by atoms with Crippen molar-refractivity contribution in [2.45, 2.75) is 18.7 Å². The molecule has 2 aromatic rings. The molecule has 0 fully saturated rings. The summed E-state index contributed by atoms with van der Waals surface area (Å²) in [4.78, 5) is 12.1. The molecule has 1 aromatic heterocycles. The largest absolute Gasteiger partial charge is 0.352 e. The molecule has 5 nitrogen and oxygen atoms in total. The molecule has 1 amide bonds. The minimum Gasteiger partial charge on any atom is -0.352 e. The Morgan fingerprint density at radius 1 is 1.24 bits per heavy atom. The maximum absolute atomic E-state index is 12.2. The first kappa shape index (κ1) is 15.5. The van der Waals surface area contributed by atoms with Crippen LogP contribution in [0.4, 0.5) is 5.69 Å². The van der Waals surface area contributed by atoms with Gasteiger partial charge in [-0.3, -0.25) is 9.52 Å². The van der Waals surface area contributed by atoms with E-state index in [0.29, 0.717) is 17.1 Å². The lowest BCUT2D eigenvalue weighted by atomic mass is 10.2. The molecule has 7 heteroatoms. The molecule has 1 heterocycles. The average molecular weight is 324 g/mol. The third-order valence-corrected chi connectivity index (χ3v) is 5.19. The van der Waals surface area contributed by atoms with E-state index in [1.165, 1.54) is 11.4 Å². The maximum Gasteiger partial charge on any atom is 0.262 e. The average Bonchev–Trinajstić information content (AvgIpc) is 2.92. The molecule has 0 saturated heterocycles. The highest BCUT2D eigenvalue weighted by Gasteiger charge is 2.18. The lowest BCUT2D eigenvalue weighted by Gasteiger charge is -2.06. The molecule has 0 aliphatic rings. The van der Waals surface area contributed by atoms with Crippen LogP contribution in [0.5, 0.6) is 0 Å². The van der Waals surface area contributed by atoms with Crippen LogP contribution in [0.15, 0.2) is 40.6 Å². The van der Waals surface area contributed by atoms with Crippen LogP contribution in [0.3, 0.4) is 0 Å². The smallest absolute Gasteiger partial charge is 0.262 e. The molecule has 2 N–H and O–H groups in total. The normalized spacial score (nSPS) is 11.1. The van der Waals surface area contributed by atoms with Crippen molar-refractivity contribution in [1.82, 2.24) is 5.32 Å². The van der Waals surface area contributed by atoms with Crippen molar-refractivity contribution < 1.29 is 13.2 Å². The highest BCUT2D eigenvalue weighted by molar-refractivity contribution is 7.92. The highest BCUT2D eigenvalue weighted by atomic mass is 32.2. The topological polar surface area (TPSA) is 75.3 Å². The number of hydrogen-bond acceptors (Lipinski definition) is 4. The summed E-state index contributed by atoms with van der Waals surface area (Å²) in [5.74, 6) is -0.265. The van der Waals surface area contributed by atoms with E-state index < -0.39 is 10.0 Å². The van der Waals surface area contributed by atoms with Crippen LogP contribution in [0, 0.1) is 6.92 Å². The number of aryl methyl sites for hydroxylation is 1. The molecule has 0 atom stereocenters. The summed E-state index contributed by atoms with van der Waals surface area (Å²) in [5, 5.41) is 4.10. The number of nitrogens with one attached hydrogen (secondary N) is 2. The summed E-state index contributed by atoms with van der Waals surface area (Å²) >= 11 is 1.11. The van der Waals surface area contributed by atoms with Gasteiger partial charge in [-0.25, -0.2) is 8.42 Å². The summed E-state index contributed by atoms with van der Waals surface area (Å²) in [6.45, 7) is 4.23. The zero-order valence-corrected chi connectivity index (χ0v) is 13.3. The Labute approximate surface area is 128 Å². The van der Waals surface area contributed by atoms with E-state index in [9.17, 15) is 13.2 Å². The summed E-state index contributed by atoms with van der Waals surface area (Å²) in [6, 6.07) is 8.43. The standard InChI is InChI=1S/C14H16N2O3S2/c1-3-15-14(17)13-8-12(9-20-13)21(18,19)16-11-6-4-10(2)5-7-11/h4-9,16H,3H2,1-2H3,(H,15,17). The van der Waals surface area contributed by atoms with Gasteiger partial charge in [-0.15, -0.1) is 11.3 Å². The van der Waals surface area contributed by atoms with Crippen LogP contribution >= 0.6 is 11.3 Å². The number of sulfonamides is 1. The van der Waals surface area contributed by atoms with Crippen molar-refractivity contribution in [2.24, 2.45) is 0 Å². The first-order valence-corrected chi connectivity index (χ1v) is 8.75. The minimum absolute atomic E-state index is 0.0920. The SMILES string of the molecule is CCNC(=O)c1cc(S(=O)(=O)Nc2ccc(C)cc2)cs1. The van der Waals surface area contributed by atoms with Crippen LogP contribution in [0.25, 0.3) is 0 Å². The second kappa shape index (κ2) is 6.28. The fourth-order valence-corrected chi connectivity index (χ4v) is 3.91. The Morgan fingerprint density at radius 3 is 2.52 bits per heavy atom. The summed E-state index contributed by atoms with van der Waals surface area (Å²) < 4.78 is 27.0. The number of carbonyl (C=O) groups excluding carboxylic acids is 1. The fraction of sp³-hybridized carbons (Fsp3) is 0.214. The van der Waals surface area contributed by atoms with Gasteiger partial charge in [0.15, 0.2) is 0 Å². The summed E-state index contributed by atoms with van der Waals surface area (Å²) in [6.07, 6.45) is 0. The highest BCUT2D eigenvalue weighted by Crippen LogP contribution is 2.22. The van der Waals surface area contributed by atoms with E-state index in [1.807, 2.05) is 26.0 Å². The van der Waals surface area contributed by atoms with Gasteiger partial charge in [-0.1, -0.05) is 17.7 Å². The van der Waals surface area contributed by atoms with Crippen LogP contribution < -0.4 is 10.0 Å². The molecular formula is C14H16N2O3S2. The van der Waals surface area contributed by atoms with E-state index >= 15 is 0 Å². The van der Waals surface area contributed by atoms with Gasteiger partial charge in [0.05, 0.1) is 9.77 Å². The first-order valence-electron chi connectivity index (χ1n) is 6.38. The molecular weight excluding hydrogens is 308 g/mol. The van der Waals surface area contributed by atoms with Crippen molar-refractivity contribution in [1.29, 1.82) is 0 Å². The fourth-order valence-electron chi connectivity index (χ4n) is 1.66. The molecule has 0 aliphatic carbocycles. The third-order valence-electron chi connectivity index (χ3n) is 2.75. The number of carbonyl (C=O) groups is 1. The summed E-state index contributed by atoms with van der Waals surface area (Å²) in [7, 11) is -3.67. The second-order valence-electron chi connectivity index (χ2n) is 4.48. The van der Waals surface area contributed by atoms with Gasteiger partial charge in [0.1, 0.15) is 0 Å². The van der Waals surface area contributed by atoms with E-state index in [-0.39, 0.29) is 10.8 Å². The zero-order chi connectivity index (χ0) is 15.5. The predicted octanol–water partition coefficient (Wildman–Crippen LogP) is 2.61. The van der Waals surface area contributed by atoms with Gasteiger partial charge >= 0.3 is 0 Å². The molecule has 21 heavy (non-hydrogen) atoms. The van der Waals surface area contributed by atoms with Gasteiger partial charge in [0.25, 0.3) is 15.9 Å². The lowest BCUT2D eigenvalue weighted by Crippen LogP contribution is -2.21. The number of benzene rings is 1. The van der Waals surface area contributed by atoms with Gasteiger partial charge in [0, 0.05) is 17.6 Å². The number of thiophene rings is 1. The van der Waals surface area contributed by atoms with Gasteiger partial charge < -0.3 is 5.32 Å². The molecule has 0 radical (unpaired) electrons. The van der Waals surface area contributed by atoms with Crippen molar-refractivity contribution in [3.05, 3.63) is 46.2 Å². The summed E-state index contributed by atoms with van der Waals surface area (Å²) in [5.41, 5.74) is 1.54. The minimum atomic E-state index is -3.67. The quantitative estimate of drug-likeness (QED) is 0.887. The van der Waals surface area contributed by atoms with Crippen molar-refractivity contribution in [2.75, 3.05) is 11.3 Å². The second-order valence-corrected chi connectivity index (χ2v) is 7.07. The Bertz CT molecular complexity index is 734. The van der Waals surface area contributed by atoms with E-state index in [1.54, 1.807) is 12.1 Å². The van der Waals surface area contributed by atoms with Gasteiger partial charge in [0.2, 0.25) is 0 Å². The van der Waals surface area contributed by atoms with Crippen molar-refractivity contribution >= 4 is 33.0 Å². The van der Waals surface area contributed by atoms with Crippen LogP contribution in [0.2, 0.25) is 0 Å². The van der Waals surface area contributed by atoms with Crippen LogP contribution in [-0.4, -0.2) is 20.9 Å². The first-order chi connectivity index (χ1) is 9.92. The predicted molar refractivity (Wildman–Crippen MR) is 84.3 cm³/mol.